The van der Waals surface area contributed by atoms with Crippen LogP contribution in [-0.2, 0) is 4.74 Å². The summed E-state index contributed by atoms with van der Waals surface area (Å²) < 4.78 is 6.48. The Morgan fingerprint density at radius 3 is 3.17 bits per heavy atom. The second-order valence-electron chi connectivity index (χ2n) is 3.57. The summed E-state index contributed by atoms with van der Waals surface area (Å²) in [7, 11) is 0. The van der Waals surface area contributed by atoms with Gasteiger partial charge in [-0.05, 0) is 19.1 Å². The molecule has 18 heavy (non-hydrogen) atoms. The predicted molar refractivity (Wildman–Crippen MR) is 69.0 cm³/mol. The number of carbonyl (C=O) groups excluding carboxylic acids is 1. The number of nitrogens with zero attached hydrogens (tertiary/aromatic N) is 3. The number of ether oxygens (including phenoxy) is 1. The lowest BCUT2D eigenvalue weighted by Gasteiger charge is -1.99. The summed E-state index contributed by atoms with van der Waals surface area (Å²) in [6, 6.07) is 7.74. The van der Waals surface area contributed by atoms with Gasteiger partial charge in [0.2, 0.25) is 5.13 Å². The van der Waals surface area contributed by atoms with Gasteiger partial charge in [-0.25, -0.2) is 4.79 Å². The third-order valence-corrected chi connectivity index (χ3v) is 3.18. The molecule has 0 bridgehead atoms. The summed E-state index contributed by atoms with van der Waals surface area (Å²) in [6.07, 6.45) is -0.501. The van der Waals surface area contributed by atoms with Crippen LogP contribution in [0.25, 0.3) is 16.6 Å². The molecule has 0 saturated carbocycles. The summed E-state index contributed by atoms with van der Waals surface area (Å²) in [5.41, 5.74) is 1.63. The van der Waals surface area contributed by atoms with Crippen LogP contribution in [0.15, 0.2) is 24.3 Å². The second-order valence-corrected chi connectivity index (χ2v) is 4.48. The zero-order valence-electron chi connectivity index (χ0n) is 9.58. The van der Waals surface area contributed by atoms with Crippen molar-refractivity contribution in [3.63, 3.8) is 0 Å². The van der Waals surface area contributed by atoms with Crippen molar-refractivity contribution in [2.45, 2.75) is 6.92 Å². The molecule has 1 aromatic carbocycles. The zero-order chi connectivity index (χ0) is 12.5. The first-order valence-corrected chi connectivity index (χ1v) is 6.24. The van der Waals surface area contributed by atoms with E-state index in [1.54, 1.807) is 10.8 Å². The molecule has 92 valence electrons. The number of rotatable bonds is 2. The van der Waals surface area contributed by atoms with Crippen LogP contribution < -0.4 is 5.32 Å². The number of benzene rings is 1. The van der Waals surface area contributed by atoms with Crippen LogP contribution in [0.3, 0.4) is 0 Å². The van der Waals surface area contributed by atoms with Crippen molar-refractivity contribution in [3.05, 3.63) is 24.3 Å². The molecule has 2 heterocycles. The molecular formula is C11H10N4O2S. The topological polar surface area (TPSA) is 68.5 Å². The summed E-state index contributed by atoms with van der Waals surface area (Å²) in [4.78, 5) is 15.6. The van der Waals surface area contributed by atoms with Gasteiger partial charge in [0, 0.05) is 16.9 Å². The lowest BCUT2D eigenvalue weighted by Crippen LogP contribution is -2.12. The van der Waals surface area contributed by atoms with E-state index in [1.165, 1.54) is 11.5 Å². The van der Waals surface area contributed by atoms with Crippen molar-refractivity contribution < 1.29 is 9.53 Å². The Morgan fingerprint density at radius 2 is 2.33 bits per heavy atom. The first kappa shape index (κ1) is 11.0. The van der Waals surface area contributed by atoms with E-state index in [0.717, 1.165) is 16.6 Å². The number of hydrogen-bond donors (Lipinski definition) is 1. The molecule has 0 aliphatic rings. The Hall–Kier alpha value is -2.15. The number of hydrogen-bond acceptors (Lipinski definition) is 5. The van der Waals surface area contributed by atoms with Crippen molar-refractivity contribution in [1.82, 2.24) is 14.0 Å². The number of amides is 1. The average molecular weight is 262 g/mol. The summed E-state index contributed by atoms with van der Waals surface area (Å²) >= 11 is 1.26. The highest BCUT2D eigenvalue weighted by Crippen LogP contribution is 2.24. The standard InChI is InChI=1S/C11H10N4O2S/c1-2-17-11(16)13-10-12-9-7-5-3-4-6-8(7)14-15(9)18-10/h3-6H,2H2,1H3,(H,12,13,16). The fraction of sp³-hybridized carbons (Fsp3) is 0.182. The van der Waals surface area contributed by atoms with Crippen LogP contribution in [0.2, 0.25) is 0 Å². The van der Waals surface area contributed by atoms with Crippen LogP contribution in [0.4, 0.5) is 9.93 Å². The molecule has 1 amide bonds. The van der Waals surface area contributed by atoms with Gasteiger partial charge in [-0.1, -0.05) is 12.1 Å². The van der Waals surface area contributed by atoms with E-state index >= 15 is 0 Å². The molecule has 0 saturated heterocycles. The minimum absolute atomic E-state index is 0.331. The average Bonchev–Trinajstić information content (AvgIpc) is 2.86. The molecule has 7 heteroatoms. The van der Waals surface area contributed by atoms with Crippen molar-refractivity contribution in [3.8, 4) is 0 Å². The fourth-order valence-corrected chi connectivity index (χ4v) is 2.44. The first-order chi connectivity index (χ1) is 8.78. The van der Waals surface area contributed by atoms with Gasteiger partial charge in [0.15, 0.2) is 5.65 Å². The fourth-order valence-electron chi connectivity index (χ4n) is 1.67. The van der Waals surface area contributed by atoms with Crippen LogP contribution in [0.1, 0.15) is 6.92 Å². The highest BCUT2D eigenvalue weighted by atomic mass is 32.1. The Bertz CT molecular complexity index is 718. The maximum absolute atomic E-state index is 11.3. The Morgan fingerprint density at radius 1 is 1.50 bits per heavy atom. The van der Waals surface area contributed by atoms with E-state index in [2.05, 4.69) is 15.4 Å². The van der Waals surface area contributed by atoms with Gasteiger partial charge >= 0.3 is 6.09 Å². The summed E-state index contributed by atoms with van der Waals surface area (Å²) in [5.74, 6) is 0. The molecule has 0 unspecified atom stereocenters. The molecule has 0 radical (unpaired) electrons. The maximum atomic E-state index is 11.3. The molecule has 1 N–H and O–H groups in total. The van der Waals surface area contributed by atoms with E-state index in [-0.39, 0.29) is 0 Å². The smallest absolute Gasteiger partial charge is 0.413 e. The maximum Gasteiger partial charge on any atom is 0.413 e. The van der Waals surface area contributed by atoms with Gasteiger partial charge in [-0.2, -0.15) is 14.0 Å². The number of anilines is 1. The SMILES string of the molecule is CCOC(=O)Nc1nc2c3ccccc3nn2s1. The molecule has 3 aromatic rings. The van der Waals surface area contributed by atoms with Gasteiger partial charge in [-0.3, -0.25) is 5.32 Å². The van der Waals surface area contributed by atoms with Crippen LogP contribution in [0.5, 0.6) is 0 Å². The van der Waals surface area contributed by atoms with Gasteiger partial charge in [0.1, 0.15) is 0 Å². The highest BCUT2D eigenvalue weighted by Gasteiger charge is 2.12. The summed E-state index contributed by atoms with van der Waals surface area (Å²) in [5, 5.41) is 8.38. The van der Waals surface area contributed by atoms with Gasteiger partial charge in [-0.15, -0.1) is 0 Å². The van der Waals surface area contributed by atoms with E-state index in [9.17, 15) is 4.79 Å². The van der Waals surface area contributed by atoms with Crippen molar-refractivity contribution in [2.75, 3.05) is 11.9 Å². The molecule has 0 aliphatic heterocycles. The first-order valence-electron chi connectivity index (χ1n) is 5.46. The molecule has 0 aliphatic carbocycles. The van der Waals surface area contributed by atoms with Crippen molar-refractivity contribution in [1.29, 1.82) is 0 Å². The second kappa shape index (κ2) is 4.26. The number of nitrogens with one attached hydrogen (secondary N) is 1. The monoisotopic (exact) mass is 262 g/mol. The molecule has 0 fully saturated rings. The largest absolute Gasteiger partial charge is 0.450 e. The molecule has 6 nitrogen and oxygen atoms in total. The lowest BCUT2D eigenvalue weighted by atomic mass is 10.2. The molecule has 3 rings (SSSR count). The number of fused-ring (bicyclic) bond motifs is 3. The third-order valence-electron chi connectivity index (χ3n) is 2.39. The Labute approximate surface area is 106 Å². The van der Waals surface area contributed by atoms with E-state index < -0.39 is 6.09 Å². The minimum atomic E-state index is -0.501. The van der Waals surface area contributed by atoms with Gasteiger partial charge < -0.3 is 4.74 Å². The van der Waals surface area contributed by atoms with Crippen molar-refractivity contribution in [2.24, 2.45) is 0 Å². The van der Waals surface area contributed by atoms with E-state index in [1.807, 2.05) is 24.3 Å². The Kier molecular flexibility index (Phi) is 2.60. The lowest BCUT2D eigenvalue weighted by molar-refractivity contribution is 0.168. The van der Waals surface area contributed by atoms with E-state index in [4.69, 9.17) is 4.74 Å². The van der Waals surface area contributed by atoms with Gasteiger partial charge in [0.25, 0.3) is 0 Å². The third kappa shape index (κ3) is 1.78. The Balaban J connectivity index is 1.99. The minimum Gasteiger partial charge on any atom is -0.450 e. The molecule has 0 atom stereocenters. The van der Waals surface area contributed by atoms with Gasteiger partial charge in [0.05, 0.1) is 12.1 Å². The number of aromatic nitrogens is 3. The number of carbonyl (C=O) groups is 1. The van der Waals surface area contributed by atoms with E-state index in [0.29, 0.717) is 11.7 Å². The van der Waals surface area contributed by atoms with Crippen LogP contribution in [-0.4, -0.2) is 26.7 Å². The van der Waals surface area contributed by atoms with Crippen LogP contribution in [0, 0.1) is 0 Å². The molecule has 2 aromatic heterocycles. The normalized spacial score (nSPS) is 10.9. The highest BCUT2D eigenvalue weighted by molar-refractivity contribution is 7.10. The van der Waals surface area contributed by atoms with Crippen LogP contribution >= 0.6 is 11.5 Å². The summed E-state index contributed by atoms with van der Waals surface area (Å²) in [6.45, 7) is 2.08. The zero-order valence-corrected chi connectivity index (χ0v) is 10.4. The molecule has 0 spiro atoms. The van der Waals surface area contributed by atoms with Crippen molar-refractivity contribution >= 4 is 39.3 Å². The predicted octanol–water partition coefficient (Wildman–Crippen LogP) is 2.51. The quantitative estimate of drug-likeness (QED) is 0.770. The molecular weight excluding hydrogens is 252 g/mol.